The van der Waals surface area contributed by atoms with Gasteiger partial charge in [-0.1, -0.05) is 66.2 Å². The molecule has 1 amide bonds. The highest BCUT2D eigenvalue weighted by atomic mass is 32.1. The van der Waals surface area contributed by atoms with Crippen LogP contribution in [0, 0.1) is 24.2 Å². The second-order valence-electron chi connectivity index (χ2n) is 10.2. The summed E-state index contributed by atoms with van der Waals surface area (Å²) in [6, 6.07) is 27.3. The fraction of sp³-hybridized carbons (Fsp3) is 0.212. The molecule has 8 heteroatoms. The minimum absolute atomic E-state index is 0.260. The average Bonchev–Trinajstić information content (AvgIpc) is 3.61. The van der Waals surface area contributed by atoms with Crippen LogP contribution in [0.2, 0.25) is 0 Å². The lowest BCUT2D eigenvalue weighted by atomic mass is 9.74. The summed E-state index contributed by atoms with van der Waals surface area (Å²) in [7, 11) is 0. The number of carboxylic acid groups (broad SMARTS) is 1. The number of aryl methyl sites for hydroxylation is 1. The van der Waals surface area contributed by atoms with E-state index in [2.05, 4.69) is 6.07 Å². The molecule has 1 aromatic heterocycles. The molecule has 1 aliphatic rings. The van der Waals surface area contributed by atoms with Crippen LogP contribution < -0.4 is 4.74 Å². The number of ether oxygens (including phenoxy) is 1. The van der Waals surface area contributed by atoms with Crippen molar-refractivity contribution >= 4 is 29.0 Å². The number of para-hydroxylation sites is 1. The third-order valence-corrected chi connectivity index (χ3v) is 8.72. The fourth-order valence-electron chi connectivity index (χ4n) is 5.75. The summed E-state index contributed by atoms with van der Waals surface area (Å²) < 4.78 is 5.78. The number of carbonyl (C=O) groups is 3. The third kappa shape index (κ3) is 5.12. The Morgan fingerprint density at radius 3 is 2.24 bits per heavy atom. The lowest BCUT2D eigenvalue weighted by Crippen LogP contribution is -2.55. The molecule has 7 nitrogen and oxygen atoms in total. The lowest BCUT2D eigenvalue weighted by Gasteiger charge is -2.37. The van der Waals surface area contributed by atoms with Crippen LogP contribution in [0.5, 0.6) is 5.75 Å². The van der Waals surface area contributed by atoms with Gasteiger partial charge in [-0.3, -0.25) is 9.59 Å². The SMILES string of the molecule is Cc1ccc(C(=O)C2C(c3ccc(C#N)cc3)N(C(=O)COc3ccccc3)C(C)(C(=O)O)C2c2cccs2)cc1. The molecule has 5 rings (SSSR count). The van der Waals surface area contributed by atoms with Crippen molar-refractivity contribution < 1.29 is 24.2 Å². The smallest absolute Gasteiger partial charge is 0.330 e. The Morgan fingerprint density at radius 2 is 1.66 bits per heavy atom. The van der Waals surface area contributed by atoms with Gasteiger partial charge in [0.15, 0.2) is 12.4 Å². The van der Waals surface area contributed by atoms with Gasteiger partial charge in [0.1, 0.15) is 11.3 Å². The van der Waals surface area contributed by atoms with Crippen molar-refractivity contribution in [1.82, 2.24) is 4.90 Å². The van der Waals surface area contributed by atoms with Crippen molar-refractivity contribution in [3.05, 3.63) is 124 Å². The van der Waals surface area contributed by atoms with Gasteiger partial charge in [-0.25, -0.2) is 4.79 Å². The van der Waals surface area contributed by atoms with Crippen molar-refractivity contribution in [2.45, 2.75) is 31.3 Å². The van der Waals surface area contributed by atoms with Crippen LogP contribution in [-0.4, -0.2) is 39.8 Å². The highest BCUT2D eigenvalue weighted by molar-refractivity contribution is 7.10. The largest absolute Gasteiger partial charge is 0.484 e. The van der Waals surface area contributed by atoms with Crippen LogP contribution in [0.1, 0.15) is 50.8 Å². The van der Waals surface area contributed by atoms with Gasteiger partial charge >= 0.3 is 5.97 Å². The van der Waals surface area contributed by atoms with Gasteiger partial charge in [-0.15, -0.1) is 11.3 Å². The molecule has 41 heavy (non-hydrogen) atoms. The topological polar surface area (TPSA) is 108 Å². The van der Waals surface area contributed by atoms with Crippen molar-refractivity contribution in [3.63, 3.8) is 0 Å². The van der Waals surface area contributed by atoms with Gasteiger partial charge in [-0.05, 0) is 55.1 Å². The first-order valence-electron chi connectivity index (χ1n) is 13.1. The first-order chi connectivity index (χ1) is 19.8. The second-order valence-corrected chi connectivity index (χ2v) is 11.2. The second kappa shape index (κ2) is 11.4. The predicted octanol–water partition coefficient (Wildman–Crippen LogP) is 6.02. The monoisotopic (exact) mass is 564 g/mol. The van der Waals surface area contributed by atoms with Gasteiger partial charge in [0.25, 0.3) is 5.91 Å². The maximum atomic E-state index is 14.4. The van der Waals surface area contributed by atoms with E-state index < -0.39 is 41.9 Å². The van der Waals surface area contributed by atoms with E-state index in [0.29, 0.717) is 27.3 Å². The van der Waals surface area contributed by atoms with Crippen LogP contribution in [0.3, 0.4) is 0 Å². The number of Topliss-reactive ketones (excluding diaryl/α,β-unsaturated/α-hetero) is 1. The zero-order valence-corrected chi connectivity index (χ0v) is 23.4. The molecule has 4 atom stereocenters. The van der Waals surface area contributed by atoms with Crippen molar-refractivity contribution in [3.8, 4) is 11.8 Å². The van der Waals surface area contributed by atoms with Crippen molar-refractivity contribution in [1.29, 1.82) is 5.26 Å². The third-order valence-electron chi connectivity index (χ3n) is 7.76. The summed E-state index contributed by atoms with van der Waals surface area (Å²) in [5.41, 5.74) is 0.606. The first kappa shape index (κ1) is 27.8. The Labute approximate surface area is 242 Å². The predicted molar refractivity (Wildman–Crippen MR) is 155 cm³/mol. The number of hydrogen-bond acceptors (Lipinski definition) is 6. The number of nitrogens with zero attached hydrogens (tertiary/aromatic N) is 2. The van der Waals surface area contributed by atoms with Crippen LogP contribution in [0.25, 0.3) is 0 Å². The number of benzene rings is 3. The molecule has 0 aliphatic carbocycles. The molecule has 2 heterocycles. The number of carboxylic acids is 1. The molecule has 206 valence electrons. The highest BCUT2D eigenvalue weighted by Gasteiger charge is 2.65. The molecule has 0 bridgehead atoms. The summed E-state index contributed by atoms with van der Waals surface area (Å²) in [6.45, 7) is 3.02. The van der Waals surface area contributed by atoms with E-state index in [0.717, 1.165) is 5.56 Å². The summed E-state index contributed by atoms with van der Waals surface area (Å²) in [4.78, 5) is 43.8. The Kier molecular flexibility index (Phi) is 7.73. The quantitative estimate of drug-likeness (QED) is 0.262. The molecular formula is C33H28N2O5S. The van der Waals surface area contributed by atoms with Crippen molar-refractivity contribution in [2.24, 2.45) is 5.92 Å². The Balaban J connectivity index is 1.70. The number of aliphatic carboxylic acids is 1. The maximum absolute atomic E-state index is 14.4. The summed E-state index contributed by atoms with van der Waals surface area (Å²) in [6.07, 6.45) is 0. The van der Waals surface area contributed by atoms with Gasteiger partial charge in [0.2, 0.25) is 0 Å². The molecular weight excluding hydrogens is 536 g/mol. The van der Waals surface area contributed by atoms with E-state index in [1.807, 2.05) is 42.6 Å². The van der Waals surface area contributed by atoms with Crippen LogP contribution >= 0.6 is 11.3 Å². The van der Waals surface area contributed by atoms with Crippen LogP contribution in [-0.2, 0) is 9.59 Å². The Hall–Kier alpha value is -4.74. The van der Waals surface area contributed by atoms with E-state index in [9.17, 15) is 24.8 Å². The number of hydrogen-bond donors (Lipinski definition) is 1. The highest BCUT2D eigenvalue weighted by Crippen LogP contribution is 2.57. The number of amides is 1. The molecule has 1 aliphatic heterocycles. The zero-order chi connectivity index (χ0) is 29.1. The summed E-state index contributed by atoms with van der Waals surface area (Å²) in [5.74, 6) is -3.35. The van der Waals surface area contributed by atoms with Crippen molar-refractivity contribution in [2.75, 3.05) is 6.61 Å². The molecule has 1 N–H and O–H groups in total. The van der Waals surface area contributed by atoms with Gasteiger partial charge in [-0.2, -0.15) is 5.26 Å². The molecule has 1 saturated heterocycles. The number of nitriles is 1. The normalized spacial score (nSPS) is 21.7. The summed E-state index contributed by atoms with van der Waals surface area (Å²) >= 11 is 1.36. The van der Waals surface area contributed by atoms with E-state index >= 15 is 0 Å². The van der Waals surface area contributed by atoms with Gasteiger partial charge < -0.3 is 14.7 Å². The molecule has 4 unspecified atom stereocenters. The molecule has 1 fully saturated rings. The average molecular weight is 565 g/mol. The number of ketones is 1. The number of rotatable bonds is 8. The molecule has 0 spiro atoms. The lowest BCUT2D eigenvalue weighted by molar-refractivity contribution is -0.158. The zero-order valence-electron chi connectivity index (χ0n) is 22.6. The molecule has 3 aromatic carbocycles. The minimum atomic E-state index is -1.79. The molecule has 0 saturated carbocycles. The van der Waals surface area contributed by atoms with Crippen LogP contribution in [0.4, 0.5) is 0 Å². The van der Waals surface area contributed by atoms with Gasteiger partial charge in [0, 0.05) is 16.4 Å². The minimum Gasteiger partial charge on any atom is -0.484 e. The van der Waals surface area contributed by atoms with E-state index in [1.54, 1.807) is 60.7 Å². The van der Waals surface area contributed by atoms with E-state index in [-0.39, 0.29) is 5.78 Å². The van der Waals surface area contributed by atoms with E-state index in [4.69, 9.17) is 4.74 Å². The van der Waals surface area contributed by atoms with E-state index in [1.165, 1.54) is 23.2 Å². The Bertz CT molecular complexity index is 1590. The molecule has 0 radical (unpaired) electrons. The standard InChI is InChI=1S/C33H28N2O5S/c1-21-10-14-24(15-11-21)31(37)28-29(26-9-6-18-41-26)33(2,32(38)39)35(27(36)20-40-25-7-4-3-5-8-25)30(28)23-16-12-22(19-34)13-17-23/h3-18,28-30H,20H2,1-2H3,(H,38,39). The maximum Gasteiger partial charge on any atom is 0.330 e. The van der Waals surface area contributed by atoms with Gasteiger partial charge in [0.05, 0.1) is 23.6 Å². The fourth-order valence-corrected chi connectivity index (χ4v) is 6.75. The first-order valence-corrected chi connectivity index (χ1v) is 14.0. The number of likely N-dealkylation sites (tertiary alicyclic amines) is 1. The van der Waals surface area contributed by atoms with Crippen LogP contribution in [0.15, 0.2) is 96.4 Å². The number of carbonyl (C=O) groups excluding carboxylic acids is 2. The summed E-state index contributed by atoms with van der Waals surface area (Å²) in [5, 5.41) is 22.0. The molecule has 4 aromatic rings. The number of thiophene rings is 1. The Morgan fingerprint density at radius 1 is 0.976 bits per heavy atom.